The van der Waals surface area contributed by atoms with Crippen LogP contribution in [-0.2, 0) is 13.1 Å². The number of thiophene rings is 1. The van der Waals surface area contributed by atoms with Gasteiger partial charge in [-0.15, -0.1) is 11.3 Å². The quantitative estimate of drug-likeness (QED) is 0.453. The van der Waals surface area contributed by atoms with Gasteiger partial charge in [-0.3, -0.25) is 9.69 Å². The summed E-state index contributed by atoms with van der Waals surface area (Å²) in [6, 6.07) is 25.5. The van der Waals surface area contributed by atoms with Crippen molar-refractivity contribution in [2.24, 2.45) is 5.92 Å². The van der Waals surface area contributed by atoms with Gasteiger partial charge in [-0.1, -0.05) is 48.5 Å². The van der Waals surface area contributed by atoms with Gasteiger partial charge in [0.15, 0.2) is 0 Å². The molecule has 2 aromatic heterocycles. The molecule has 30 heavy (non-hydrogen) atoms. The average Bonchev–Trinajstić information content (AvgIpc) is 3.19. The smallest absolute Gasteiger partial charge is 0.259 e. The molecule has 6 rings (SSSR count). The standard InChI is InChI=1S/C26H24N2OS/c29-26-22(25-13-20-8-4-5-9-24(20)30-25)10-11-23-21-12-19(16-28(23)26)15-27(17-21)14-18-6-2-1-3-7-18/h1-11,13,19,21H,12,14-17H2. The molecule has 2 unspecified atom stereocenters. The summed E-state index contributed by atoms with van der Waals surface area (Å²) in [6.45, 7) is 3.95. The first-order valence-electron chi connectivity index (χ1n) is 10.7. The molecule has 150 valence electrons. The summed E-state index contributed by atoms with van der Waals surface area (Å²) >= 11 is 1.72. The molecule has 1 saturated heterocycles. The number of rotatable bonds is 3. The van der Waals surface area contributed by atoms with E-state index in [1.165, 1.54) is 27.8 Å². The summed E-state index contributed by atoms with van der Waals surface area (Å²) in [6.07, 6.45) is 1.20. The molecule has 0 saturated carbocycles. The maximum Gasteiger partial charge on any atom is 0.259 e. The van der Waals surface area contributed by atoms with Gasteiger partial charge in [0.05, 0.1) is 5.56 Å². The zero-order valence-corrected chi connectivity index (χ0v) is 17.6. The number of hydrogen-bond donors (Lipinski definition) is 0. The fourth-order valence-electron chi connectivity index (χ4n) is 5.32. The van der Waals surface area contributed by atoms with Crippen molar-refractivity contribution in [2.75, 3.05) is 13.1 Å². The molecule has 2 aliphatic rings. The third-order valence-corrected chi connectivity index (χ3v) is 7.77. The maximum atomic E-state index is 13.5. The van der Waals surface area contributed by atoms with Crippen LogP contribution >= 0.6 is 11.3 Å². The molecule has 1 fully saturated rings. The second-order valence-corrected chi connectivity index (χ2v) is 9.80. The van der Waals surface area contributed by atoms with Gasteiger partial charge in [0, 0.05) is 47.4 Å². The van der Waals surface area contributed by atoms with Gasteiger partial charge in [-0.25, -0.2) is 0 Å². The molecule has 0 amide bonds. The Labute approximate surface area is 180 Å². The number of nitrogens with zero attached hydrogens (tertiary/aromatic N) is 2. The highest BCUT2D eigenvalue weighted by Crippen LogP contribution is 2.37. The minimum Gasteiger partial charge on any atom is -0.311 e. The predicted molar refractivity (Wildman–Crippen MR) is 124 cm³/mol. The van der Waals surface area contributed by atoms with Crippen molar-refractivity contribution in [1.29, 1.82) is 0 Å². The Morgan fingerprint density at radius 3 is 2.60 bits per heavy atom. The molecule has 2 bridgehead atoms. The summed E-state index contributed by atoms with van der Waals surface area (Å²) in [4.78, 5) is 17.1. The Morgan fingerprint density at radius 1 is 0.900 bits per heavy atom. The van der Waals surface area contributed by atoms with Gasteiger partial charge in [0.2, 0.25) is 0 Å². The first kappa shape index (κ1) is 18.1. The van der Waals surface area contributed by atoms with E-state index in [1.54, 1.807) is 11.3 Å². The number of hydrogen-bond acceptors (Lipinski definition) is 3. The third-order valence-electron chi connectivity index (χ3n) is 6.62. The number of aromatic nitrogens is 1. The number of likely N-dealkylation sites (tertiary alicyclic amines) is 1. The predicted octanol–water partition coefficient (Wildman–Crippen LogP) is 5.35. The highest BCUT2D eigenvalue weighted by atomic mass is 32.1. The first-order valence-corrected chi connectivity index (χ1v) is 11.6. The number of benzene rings is 2. The van der Waals surface area contributed by atoms with E-state index in [-0.39, 0.29) is 5.56 Å². The maximum absolute atomic E-state index is 13.5. The monoisotopic (exact) mass is 412 g/mol. The minimum atomic E-state index is 0.185. The van der Waals surface area contributed by atoms with Crippen LogP contribution in [0.3, 0.4) is 0 Å². The third kappa shape index (κ3) is 3.11. The molecule has 4 heterocycles. The molecule has 0 N–H and O–H groups in total. The summed E-state index contributed by atoms with van der Waals surface area (Å²) in [5.74, 6) is 1.00. The van der Waals surface area contributed by atoms with E-state index >= 15 is 0 Å². The molecule has 0 spiro atoms. The second-order valence-electron chi connectivity index (χ2n) is 8.71. The molecular weight excluding hydrogens is 388 g/mol. The molecule has 3 nitrogen and oxygen atoms in total. The van der Waals surface area contributed by atoms with E-state index in [9.17, 15) is 4.79 Å². The summed E-state index contributed by atoms with van der Waals surface area (Å²) in [7, 11) is 0. The molecule has 0 aliphatic carbocycles. The Morgan fingerprint density at radius 2 is 1.73 bits per heavy atom. The van der Waals surface area contributed by atoms with Crippen molar-refractivity contribution < 1.29 is 0 Å². The summed E-state index contributed by atoms with van der Waals surface area (Å²) in [5.41, 5.74) is 3.63. The second kappa shape index (κ2) is 7.22. The van der Waals surface area contributed by atoms with Gasteiger partial charge in [0.25, 0.3) is 5.56 Å². The molecule has 2 atom stereocenters. The number of fused-ring (bicyclic) bond motifs is 5. The van der Waals surface area contributed by atoms with E-state index in [2.05, 4.69) is 82.3 Å². The van der Waals surface area contributed by atoms with Crippen LogP contribution in [0.25, 0.3) is 20.5 Å². The molecular formula is C26H24N2OS. The highest BCUT2D eigenvalue weighted by Gasteiger charge is 2.35. The van der Waals surface area contributed by atoms with Crippen molar-refractivity contribution >= 4 is 21.4 Å². The topological polar surface area (TPSA) is 25.2 Å². The number of pyridine rings is 1. The van der Waals surface area contributed by atoms with E-state index < -0.39 is 0 Å². The van der Waals surface area contributed by atoms with Crippen molar-refractivity contribution in [3.05, 3.63) is 94.4 Å². The number of piperidine rings is 1. The lowest BCUT2D eigenvalue weighted by Gasteiger charge is -2.43. The highest BCUT2D eigenvalue weighted by molar-refractivity contribution is 7.22. The van der Waals surface area contributed by atoms with Crippen LogP contribution < -0.4 is 5.56 Å². The van der Waals surface area contributed by atoms with Crippen molar-refractivity contribution in [3.63, 3.8) is 0 Å². The fraction of sp³-hybridized carbons (Fsp3) is 0.269. The van der Waals surface area contributed by atoms with Crippen LogP contribution in [0.5, 0.6) is 0 Å². The normalized spacial score (nSPS) is 20.9. The zero-order chi connectivity index (χ0) is 20.1. The van der Waals surface area contributed by atoms with Crippen LogP contribution in [0.4, 0.5) is 0 Å². The summed E-state index contributed by atoms with van der Waals surface area (Å²) < 4.78 is 3.32. The average molecular weight is 413 g/mol. The largest absolute Gasteiger partial charge is 0.311 e. The Bertz CT molecular complexity index is 1240. The zero-order valence-electron chi connectivity index (χ0n) is 16.8. The Hall–Kier alpha value is -2.69. The minimum absolute atomic E-state index is 0.185. The van der Waals surface area contributed by atoms with Gasteiger partial charge in [-0.05, 0) is 47.6 Å². The fourth-order valence-corrected chi connectivity index (χ4v) is 6.40. The SMILES string of the molecule is O=c1c(-c2cc3ccccc3s2)ccc2n1CC1CC2CN(Cc2ccccc2)C1. The van der Waals surface area contributed by atoms with E-state index in [4.69, 9.17) is 0 Å². The van der Waals surface area contributed by atoms with E-state index in [0.29, 0.717) is 11.8 Å². The lowest BCUT2D eigenvalue weighted by Crippen LogP contribution is -2.46. The van der Waals surface area contributed by atoms with Crippen molar-refractivity contribution in [1.82, 2.24) is 9.47 Å². The molecule has 4 aromatic rings. The van der Waals surface area contributed by atoms with Gasteiger partial charge < -0.3 is 4.57 Å². The molecule has 2 aromatic carbocycles. The van der Waals surface area contributed by atoms with Crippen molar-refractivity contribution in [2.45, 2.75) is 25.4 Å². The van der Waals surface area contributed by atoms with Gasteiger partial charge >= 0.3 is 0 Å². The van der Waals surface area contributed by atoms with Crippen LogP contribution in [-0.4, -0.2) is 22.6 Å². The Kier molecular flexibility index (Phi) is 4.36. The van der Waals surface area contributed by atoms with Crippen LogP contribution in [0, 0.1) is 5.92 Å². The lowest BCUT2D eigenvalue weighted by molar-refractivity contribution is 0.114. The van der Waals surface area contributed by atoms with Gasteiger partial charge in [0.1, 0.15) is 0 Å². The van der Waals surface area contributed by atoms with Crippen LogP contribution in [0.1, 0.15) is 23.6 Å². The molecule has 4 heteroatoms. The molecule has 0 radical (unpaired) electrons. The first-order chi connectivity index (χ1) is 14.7. The Balaban J connectivity index is 1.32. The summed E-state index contributed by atoms with van der Waals surface area (Å²) in [5, 5.41) is 1.22. The van der Waals surface area contributed by atoms with Crippen LogP contribution in [0.15, 0.2) is 77.6 Å². The van der Waals surface area contributed by atoms with Crippen LogP contribution in [0.2, 0.25) is 0 Å². The molecule has 2 aliphatic heterocycles. The van der Waals surface area contributed by atoms with Crippen molar-refractivity contribution in [3.8, 4) is 10.4 Å². The van der Waals surface area contributed by atoms with Gasteiger partial charge in [-0.2, -0.15) is 0 Å². The van der Waals surface area contributed by atoms with E-state index in [1.807, 2.05) is 0 Å². The lowest BCUT2D eigenvalue weighted by atomic mass is 9.82. The van der Waals surface area contributed by atoms with E-state index in [0.717, 1.165) is 36.6 Å².